The van der Waals surface area contributed by atoms with Gasteiger partial charge in [-0.25, -0.2) is 0 Å². The van der Waals surface area contributed by atoms with Crippen LogP contribution >= 0.6 is 11.3 Å². The molecule has 2 saturated heterocycles. The highest BCUT2D eigenvalue weighted by Crippen LogP contribution is 2.53. The van der Waals surface area contributed by atoms with Gasteiger partial charge in [-0.1, -0.05) is 39.0 Å². The Bertz CT molecular complexity index is 1030. The van der Waals surface area contributed by atoms with Crippen molar-refractivity contribution in [2.75, 3.05) is 48.3 Å². The largest absolute Gasteiger partial charge is 0.375 e. The van der Waals surface area contributed by atoms with E-state index in [1.165, 1.54) is 24.2 Å². The fourth-order valence-electron chi connectivity index (χ4n) is 5.69. The third kappa shape index (κ3) is 5.63. The molecule has 10 nitrogen and oxygen atoms in total. The van der Waals surface area contributed by atoms with E-state index >= 15 is 0 Å². The number of carbonyl (C=O) groups excluding carboxylic acids is 1. The molecule has 1 unspecified atom stereocenters. The zero-order valence-corrected chi connectivity index (χ0v) is 22.6. The predicted molar refractivity (Wildman–Crippen MR) is 141 cm³/mol. The minimum atomic E-state index is -0.0957. The topological polar surface area (TPSA) is 108 Å². The summed E-state index contributed by atoms with van der Waals surface area (Å²) in [4.78, 5) is 17.5. The van der Waals surface area contributed by atoms with Gasteiger partial charge in [0.1, 0.15) is 0 Å². The molecule has 1 amide bonds. The van der Waals surface area contributed by atoms with Crippen molar-refractivity contribution >= 4 is 33.3 Å². The van der Waals surface area contributed by atoms with Crippen molar-refractivity contribution in [2.24, 2.45) is 10.8 Å². The van der Waals surface area contributed by atoms with Crippen LogP contribution in [0.5, 0.6) is 0 Å². The first-order valence-corrected chi connectivity index (χ1v) is 13.8. The summed E-state index contributed by atoms with van der Waals surface area (Å²) in [6, 6.07) is 4.67. The van der Waals surface area contributed by atoms with Gasteiger partial charge in [-0.2, -0.15) is 5.10 Å². The van der Waals surface area contributed by atoms with E-state index in [0.717, 1.165) is 38.4 Å². The van der Waals surface area contributed by atoms with E-state index in [0.29, 0.717) is 40.2 Å². The van der Waals surface area contributed by atoms with Crippen LogP contribution in [0.25, 0.3) is 0 Å². The van der Waals surface area contributed by atoms with E-state index < -0.39 is 0 Å². The number of hydrogen-bond acceptors (Lipinski definition) is 10. The summed E-state index contributed by atoms with van der Waals surface area (Å²) in [5, 5.41) is 24.1. The Balaban J connectivity index is 1.08. The molecule has 1 aliphatic carbocycles. The molecule has 4 heterocycles. The van der Waals surface area contributed by atoms with Crippen molar-refractivity contribution in [2.45, 2.75) is 71.6 Å². The maximum Gasteiger partial charge on any atom is 0.228 e. The molecular weight excluding hydrogens is 476 g/mol. The molecule has 0 radical (unpaired) electrons. The summed E-state index contributed by atoms with van der Waals surface area (Å²) in [7, 11) is 0. The third-order valence-electron chi connectivity index (χ3n) is 8.49. The molecule has 0 aromatic carbocycles. The molecule has 2 aromatic heterocycles. The van der Waals surface area contributed by atoms with Crippen molar-refractivity contribution in [3.05, 3.63) is 18.3 Å². The van der Waals surface area contributed by atoms with E-state index in [9.17, 15) is 4.79 Å². The molecule has 196 valence electrons. The number of hydrogen-bond donors (Lipinski definition) is 2. The Morgan fingerprint density at radius 2 is 1.89 bits per heavy atom. The van der Waals surface area contributed by atoms with Crippen LogP contribution in [0.15, 0.2) is 18.3 Å². The minimum absolute atomic E-state index is 0.0775. The summed E-state index contributed by atoms with van der Waals surface area (Å²) in [6.07, 6.45) is 5.27. The zero-order valence-electron chi connectivity index (χ0n) is 21.7. The Hall–Kier alpha value is -2.37. The molecule has 2 aromatic rings. The lowest BCUT2D eigenvalue weighted by Crippen LogP contribution is -2.48. The van der Waals surface area contributed by atoms with E-state index in [1.807, 2.05) is 12.1 Å². The minimum Gasteiger partial charge on any atom is -0.375 e. The van der Waals surface area contributed by atoms with E-state index in [1.54, 1.807) is 6.20 Å². The number of morpholine rings is 1. The molecule has 0 spiro atoms. The van der Waals surface area contributed by atoms with E-state index in [2.05, 4.69) is 68.5 Å². The number of aromatic nitrogens is 4. The number of nitrogens with one attached hydrogen (secondary N) is 2. The van der Waals surface area contributed by atoms with Gasteiger partial charge in [-0.3, -0.25) is 9.69 Å². The molecule has 36 heavy (non-hydrogen) atoms. The fraction of sp³-hybridized carbons (Fsp3) is 0.720. The van der Waals surface area contributed by atoms with E-state index in [-0.39, 0.29) is 18.1 Å². The van der Waals surface area contributed by atoms with Crippen LogP contribution in [0.3, 0.4) is 0 Å². The van der Waals surface area contributed by atoms with Gasteiger partial charge in [0.15, 0.2) is 5.82 Å². The second-order valence-electron chi connectivity index (χ2n) is 11.6. The summed E-state index contributed by atoms with van der Waals surface area (Å²) >= 11 is 1.36. The van der Waals surface area contributed by atoms with Gasteiger partial charge >= 0.3 is 0 Å². The summed E-state index contributed by atoms with van der Waals surface area (Å²) in [5.41, 5.74) is 0.637. The van der Waals surface area contributed by atoms with Crippen LogP contribution in [0.1, 0.15) is 53.4 Å². The first-order chi connectivity index (χ1) is 17.2. The first kappa shape index (κ1) is 25.3. The number of nitrogens with zero attached hydrogens (tertiary/aromatic N) is 6. The number of ether oxygens (including phenoxy) is 1. The maximum atomic E-state index is 12.8. The van der Waals surface area contributed by atoms with Crippen molar-refractivity contribution in [1.82, 2.24) is 25.3 Å². The van der Waals surface area contributed by atoms with Crippen molar-refractivity contribution in [1.29, 1.82) is 0 Å². The maximum absolute atomic E-state index is 12.8. The summed E-state index contributed by atoms with van der Waals surface area (Å²) < 4.78 is 5.96. The third-order valence-corrected chi connectivity index (χ3v) is 9.26. The molecule has 5 rings (SSSR count). The fourth-order valence-corrected chi connectivity index (χ4v) is 6.43. The van der Waals surface area contributed by atoms with Crippen LogP contribution in [0, 0.1) is 10.8 Å². The first-order valence-electron chi connectivity index (χ1n) is 13.0. The molecule has 3 aliphatic rings. The molecule has 2 atom stereocenters. The average molecular weight is 515 g/mol. The van der Waals surface area contributed by atoms with E-state index in [4.69, 9.17) is 4.74 Å². The number of carbonyl (C=O) groups is 1. The molecular formula is C25H38N8O2S. The SMILES string of the molecule is CC1(C)CC(N2CCOC(CC(=O)Nc3nnc(N[C@@H]4CCN(c5cccnn5)C4)s3)C2)CC1(C)C. The summed E-state index contributed by atoms with van der Waals surface area (Å²) in [5.74, 6) is 0.808. The highest BCUT2D eigenvalue weighted by atomic mass is 32.1. The lowest BCUT2D eigenvalue weighted by Gasteiger charge is -2.37. The molecule has 1 saturated carbocycles. The van der Waals surface area contributed by atoms with Crippen molar-refractivity contribution in [3.63, 3.8) is 0 Å². The Morgan fingerprint density at radius 3 is 2.64 bits per heavy atom. The van der Waals surface area contributed by atoms with Crippen LogP contribution in [-0.2, 0) is 9.53 Å². The Labute approximate surface area is 217 Å². The molecule has 3 fully saturated rings. The monoisotopic (exact) mass is 514 g/mol. The normalized spacial score (nSPS) is 26.3. The van der Waals surface area contributed by atoms with Crippen LogP contribution < -0.4 is 15.5 Å². The molecule has 11 heteroatoms. The van der Waals surface area contributed by atoms with Gasteiger partial charge in [0.2, 0.25) is 16.2 Å². The van der Waals surface area contributed by atoms with Gasteiger partial charge < -0.3 is 20.3 Å². The highest BCUT2D eigenvalue weighted by Gasteiger charge is 2.48. The van der Waals surface area contributed by atoms with Crippen LogP contribution in [-0.4, -0.2) is 82.2 Å². The zero-order chi connectivity index (χ0) is 25.3. The Kier molecular flexibility index (Phi) is 7.15. The summed E-state index contributed by atoms with van der Waals surface area (Å²) in [6.45, 7) is 13.7. The second-order valence-corrected chi connectivity index (χ2v) is 12.6. The van der Waals surface area contributed by atoms with Crippen LogP contribution in [0.2, 0.25) is 0 Å². The second kappa shape index (κ2) is 10.2. The average Bonchev–Trinajstić information content (AvgIpc) is 3.53. The standard InChI is InChI=1S/C25H38N8O2S/c1-24(2)13-18(14-25(24,3)4)32-10-11-35-19(16-32)12-21(34)28-23-31-30-22(36-23)27-17-7-9-33(15-17)20-6-5-8-26-29-20/h5-6,8,17-19H,7,9-16H2,1-4H3,(H,27,30)(H,28,31,34)/t17-,19?/m1/s1. The van der Waals surface area contributed by atoms with Crippen molar-refractivity contribution < 1.29 is 9.53 Å². The lowest BCUT2D eigenvalue weighted by atomic mass is 9.71. The van der Waals surface area contributed by atoms with Gasteiger partial charge in [-0.15, -0.1) is 15.3 Å². The number of anilines is 3. The number of rotatable bonds is 7. The molecule has 2 aliphatic heterocycles. The smallest absolute Gasteiger partial charge is 0.228 e. The van der Waals surface area contributed by atoms with Gasteiger partial charge in [0.25, 0.3) is 0 Å². The lowest BCUT2D eigenvalue weighted by molar-refractivity contribution is -0.121. The highest BCUT2D eigenvalue weighted by molar-refractivity contribution is 7.19. The molecule has 0 bridgehead atoms. The quantitative estimate of drug-likeness (QED) is 0.575. The number of amides is 1. The van der Waals surface area contributed by atoms with Crippen molar-refractivity contribution in [3.8, 4) is 0 Å². The molecule has 2 N–H and O–H groups in total. The predicted octanol–water partition coefficient (Wildman–Crippen LogP) is 3.26. The van der Waals surface area contributed by atoms with Gasteiger partial charge in [-0.05, 0) is 42.2 Å². The van der Waals surface area contributed by atoms with Crippen LogP contribution in [0.4, 0.5) is 16.1 Å². The van der Waals surface area contributed by atoms with Gasteiger partial charge in [0.05, 0.1) is 19.1 Å². The van der Waals surface area contributed by atoms with Gasteiger partial charge in [0, 0.05) is 44.5 Å². The Morgan fingerprint density at radius 1 is 1.11 bits per heavy atom.